The minimum absolute atomic E-state index is 0.0900. The number of carbonyl (C=O) groups is 1. The van der Waals surface area contributed by atoms with Crippen molar-refractivity contribution in [1.29, 1.82) is 0 Å². The van der Waals surface area contributed by atoms with Crippen LogP contribution in [0.4, 0.5) is 15.8 Å². The van der Waals surface area contributed by atoms with Gasteiger partial charge in [-0.25, -0.2) is 12.8 Å². The molecule has 0 aliphatic heterocycles. The number of ether oxygens (including phenoxy) is 1. The summed E-state index contributed by atoms with van der Waals surface area (Å²) in [6.45, 7) is 3.80. The molecule has 0 aliphatic rings. The standard InChI is InChI=1S/C17H18ClFN2O4S/c1-3-17(22)20-15-10-12(6-8-16(15)25-4-2)26(23,24)21-11-5-7-14(19)13(18)9-11/h5-10,21H,3-4H2,1-2H3,(H,20,22). The number of anilines is 2. The van der Waals surface area contributed by atoms with E-state index < -0.39 is 15.8 Å². The maximum absolute atomic E-state index is 13.2. The molecule has 140 valence electrons. The lowest BCUT2D eigenvalue weighted by atomic mass is 10.3. The lowest BCUT2D eigenvalue weighted by Gasteiger charge is -2.14. The van der Waals surface area contributed by atoms with Crippen LogP contribution in [0.5, 0.6) is 5.75 Å². The van der Waals surface area contributed by atoms with Crippen LogP contribution in [0.15, 0.2) is 41.3 Å². The third kappa shape index (κ3) is 4.86. The van der Waals surface area contributed by atoms with Crippen LogP contribution in [-0.2, 0) is 14.8 Å². The maximum atomic E-state index is 13.2. The Bertz CT molecular complexity index is 919. The first-order valence-corrected chi connectivity index (χ1v) is 9.67. The molecule has 0 fully saturated rings. The summed E-state index contributed by atoms with van der Waals surface area (Å²) < 4.78 is 46.1. The van der Waals surface area contributed by atoms with Crippen LogP contribution in [0.1, 0.15) is 20.3 Å². The first-order chi connectivity index (χ1) is 12.3. The summed E-state index contributed by atoms with van der Waals surface area (Å²) in [5.41, 5.74) is 0.364. The van der Waals surface area contributed by atoms with Crippen molar-refractivity contribution in [2.75, 3.05) is 16.6 Å². The molecule has 0 saturated carbocycles. The minimum Gasteiger partial charge on any atom is -0.492 e. The Morgan fingerprint density at radius 2 is 1.92 bits per heavy atom. The Kier molecular flexibility index (Phi) is 6.44. The molecule has 6 nitrogen and oxygen atoms in total. The van der Waals surface area contributed by atoms with Crippen LogP contribution in [0, 0.1) is 5.82 Å². The van der Waals surface area contributed by atoms with Crippen LogP contribution in [0.25, 0.3) is 0 Å². The number of halogens is 2. The fourth-order valence-corrected chi connectivity index (χ4v) is 3.32. The highest BCUT2D eigenvalue weighted by atomic mass is 35.5. The van der Waals surface area contributed by atoms with Crippen molar-refractivity contribution in [2.45, 2.75) is 25.2 Å². The number of rotatable bonds is 7. The average molecular weight is 401 g/mol. The van der Waals surface area contributed by atoms with Crippen molar-refractivity contribution in [3.05, 3.63) is 47.2 Å². The van der Waals surface area contributed by atoms with Gasteiger partial charge in [0.1, 0.15) is 11.6 Å². The second kappa shape index (κ2) is 8.37. The molecule has 0 radical (unpaired) electrons. The largest absolute Gasteiger partial charge is 0.492 e. The smallest absolute Gasteiger partial charge is 0.261 e. The third-order valence-corrected chi connectivity index (χ3v) is 5.00. The molecule has 2 rings (SSSR count). The van der Waals surface area contributed by atoms with Crippen molar-refractivity contribution in [1.82, 2.24) is 0 Å². The van der Waals surface area contributed by atoms with Gasteiger partial charge < -0.3 is 10.1 Å². The van der Waals surface area contributed by atoms with Crippen LogP contribution >= 0.6 is 11.6 Å². The molecule has 0 heterocycles. The molecule has 1 amide bonds. The molecule has 0 spiro atoms. The van der Waals surface area contributed by atoms with Crippen molar-refractivity contribution in [3.8, 4) is 5.75 Å². The van der Waals surface area contributed by atoms with Gasteiger partial charge >= 0.3 is 0 Å². The van der Waals surface area contributed by atoms with E-state index in [0.29, 0.717) is 12.4 Å². The summed E-state index contributed by atoms with van der Waals surface area (Å²) >= 11 is 5.67. The quantitative estimate of drug-likeness (QED) is 0.734. The molecule has 0 bridgehead atoms. The normalized spacial score (nSPS) is 11.1. The minimum atomic E-state index is -3.98. The Balaban J connectivity index is 2.37. The summed E-state index contributed by atoms with van der Waals surface area (Å²) in [4.78, 5) is 11.6. The number of nitrogens with one attached hydrogen (secondary N) is 2. The van der Waals surface area contributed by atoms with E-state index in [-0.39, 0.29) is 33.6 Å². The molecule has 2 aromatic carbocycles. The first kappa shape index (κ1) is 20.0. The average Bonchev–Trinajstić information content (AvgIpc) is 2.59. The van der Waals surface area contributed by atoms with Gasteiger partial charge in [-0.1, -0.05) is 18.5 Å². The Morgan fingerprint density at radius 3 is 2.54 bits per heavy atom. The summed E-state index contributed by atoms with van der Waals surface area (Å²) in [6, 6.07) is 7.59. The van der Waals surface area contributed by atoms with Gasteiger partial charge in [0.05, 0.1) is 27.9 Å². The molecule has 2 aromatic rings. The third-order valence-electron chi connectivity index (χ3n) is 3.33. The topological polar surface area (TPSA) is 84.5 Å². The number of amides is 1. The lowest BCUT2D eigenvalue weighted by Crippen LogP contribution is -2.15. The molecule has 2 N–H and O–H groups in total. The zero-order valence-electron chi connectivity index (χ0n) is 14.2. The van der Waals surface area contributed by atoms with Crippen LogP contribution in [0.3, 0.4) is 0 Å². The SMILES string of the molecule is CCOc1ccc(S(=O)(=O)Nc2ccc(F)c(Cl)c2)cc1NC(=O)CC. The molecule has 0 unspecified atom stereocenters. The zero-order chi connectivity index (χ0) is 19.3. The van der Waals surface area contributed by atoms with Gasteiger partial charge in [0.2, 0.25) is 5.91 Å². The van der Waals surface area contributed by atoms with E-state index >= 15 is 0 Å². The van der Waals surface area contributed by atoms with Crippen LogP contribution < -0.4 is 14.8 Å². The number of hydrogen-bond acceptors (Lipinski definition) is 4. The molecular weight excluding hydrogens is 383 g/mol. The van der Waals surface area contributed by atoms with E-state index in [1.807, 2.05) is 0 Å². The first-order valence-electron chi connectivity index (χ1n) is 7.81. The molecule has 9 heteroatoms. The summed E-state index contributed by atoms with van der Waals surface area (Å²) in [6.07, 6.45) is 0.231. The van der Waals surface area contributed by atoms with Gasteiger partial charge in [-0.3, -0.25) is 9.52 Å². The van der Waals surface area contributed by atoms with E-state index in [9.17, 15) is 17.6 Å². The van der Waals surface area contributed by atoms with E-state index in [2.05, 4.69) is 10.0 Å². The maximum Gasteiger partial charge on any atom is 0.261 e. The summed E-state index contributed by atoms with van der Waals surface area (Å²) in [7, 11) is -3.98. The van der Waals surface area contributed by atoms with E-state index in [4.69, 9.17) is 16.3 Å². The monoisotopic (exact) mass is 400 g/mol. The van der Waals surface area contributed by atoms with Crippen molar-refractivity contribution in [3.63, 3.8) is 0 Å². The van der Waals surface area contributed by atoms with E-state index in [1.165, 1.54) is 30.3 Å². The van der Waals surface area contributed by atoms with Crippen molar-refractivity contribution < 1.29 is 22.3 Å². The predicted molar refractivity (Wildman–Crippen MR) is 98.8 cm³/mol. The second-order valence-electron chi connectivity index (χ2n) is 5.23. The predicted octanol–water partition coefficient (Wildman–Crippen LogP) is 4.03. The molecule has 0 aromatic heterocycles. The number of sulfonamides is 1. The van der Waals surface area contributed by atoms with Crippen molar-refractivity contribution >= 4 is 38.9 Å². The molecule has 0 aliphatic carbocycles. The van der Waals surface area contributed by atoms with E-state index in [1.54, 1.807) is 13.8 Å². The number of carbonyl (C=O) groups excluding carboxylic acids is 1. The Morgan fingerprint density at radius 1 is 1.19 bits per heavy atom. The molecule has 0 atom stereocenters. The Hall–Kier alpha value is -2.32. The van der Waals surface area contributed by atoms with Gasteiger partial charge in [0, 0.05) is 6.42 Å². The van der Waals surface area contributed by atoms with Gasteiger partial charge in [-0.2, -0.15) is 0 Å². The van der Waals surface area contributed by atoms with Gasteiger partial charge in [-0.15, -0.1) is 0 Å². The van der Waals surface area contributed by atoms with E-state index in [0.717, 1.165) is 6.07 Å². The second-order valence-corrected chi connectivity index (χ2v) is 7.32. The summed E-state index contributed by atoms with van der Waals surface area (Å²) in [5.74, 6) is -0.572. The highest BCUT2D eigenvalue weighted by Gasteiger charge is 2.18. The van der Waals surface area contributed by atoms with Gasteiger partial charge in [0.15, 0.2) is 0 Å². The zero-order valence-corrected chi connectivity index (χ0v) is 15.7. The number of benzene rings is 2. The van der Waals surface area contributed by atoms with Gasteiger partial charge in [-0.05, 0) is 43.3 Å². The van der Waals surface area contributed by atoms with Crippen LogP contribution in [0.2, 0.25) is 5.02 Å². The molecule has 26 heavy (non-hydrogen) atoms. The fraction of sp³-hybridized carbons (Fsp3) is 0.235. The Labute approximate surface area is 156 Å². The fourth-order valence-electron chi connectivity index (χ4n) is 2.07. The van der Waals surface area contributed by atoms with Crippen molar-refractivity contribution in [2.24, 2.45) is 0 Å². The lowest BCUT2D eigenvalue weighted by molar-refractivity contribution is -0.115. The van der Waals surface area contributed by atoms with Crippen LogP contribution in [-0.4, -0.2) is 20.9 Å². The highest BCUT2D eigenvalue weighted by molar-refractivity contribution is 7.92. The summed E-state index contributed by atoms with van der Waals surface area (Å²) in [5, 5.41) is 2.41. The number of hydrogen-bond donors (Lipinski definition) is 2. The highest BCUT2D eigenvalue weighted by Crippen LogP contribution is 2.29. The van der Waals surface area contributed by atoms with Gasteiger partial charge in [0.25, 0.3) is 10.0 Å². The molecular formula is C17H18ClFN2O4S. The molecule has 0 saturated heterocycles.